The van der Waals surface area contributed by atoms with Gasteiger partial charge in [0.2, 0.25) is 0 Å². The summed E-state index contributed by atoms with van der Waals surface area (Å²) in [6, 6.07) is 3.51. The Hall–Kier alpha value is -1.12. The van der Waals surface area contributed by atoms with Crippen molar-refractivity contribution >= 4 is 41.7 Å². The van der Waals surface area contributed by atoms with E-state index in [0.717, 1.165) is 6.26 Å². The molecule has 0 amide bonds. The molecule has 21 heavy (non-hydrogen) atoms. The van der Waals surface area contributed by atoms with Crippen molar-refractivity contribution in [1.82, 2.24) is 0 Å². The van der Waals surface area contributed by atoms with E-state index in [0.29, 0.717) is 11.8 Å². The molecule has 4 nitrogen and oxygen atoms in total. The van der Waals surface area contributed by atoms with E-state index >= 15 is 0 Å². The van der Waals surface area contributed by atoms with Crippen LogP contribution in [0.3, 0.4) is 0 Å². The molecule has 0 aliphatic rings. The molecule has 112 valence electrons. The van der Waals surface area contributed by atoms with Gasteiger partial charge in [0.15, 0.2) is 6.29 Å². The maximum absolute atomic E-state index is 10.0. The van der Waals surface area contributed by atoms with Crippen LogP contribution >= 0.6 is 22.6 Å². The fourth-order valence-electron chi connectivity index (χ4n) is 1.73. The molecular weight excluding hydrogens is 382 g/mol. The minimum absolute atomic E-state index is 0.0258. The fraction of sp³-hybridized carbons (Fsp3) is 0.267. The van der Waals surface area contributed by atoms with Crippen LogP contribution in [0.15, 0.2) is 22.8 Å². The highest BCUT2D eigenvalue weighted by Gasteiger charge is 2.15. The third-order valence-corrected chi connectivity index (χ3v) is 4.57. The molecule has 2 N–H and O–H groups in total. The smallest absolute Gasteiger partial charge is 0.472 e. The van der Waals surface area contributed by atoms with Crippen LogP contribution in [0.2, 0.25) is 0 Å². The van der Waals surface area contributed by atoms with Gasteiger partial charge in [0.25, 0.3) is 0 Å². The summed E-state index contributed by atoms with van der Waals surface area (Å²) in [6.45, 7) is 8.74. The molecule has 1 aromatic heterocycles. The Morgan fingerprint density at radius 2 is 1.71 bits per heavy atom. The maximum Gasteiger partial charge on any atom is 0.526 e. The van der Waals surface area contributed by atoms with Crippen molar-refractivity contribution in [3.63, 3.8) is 0 Å². The minimum atomic E-state index is -1.64. The van der Waals surface area contributed by atoms with Crippen LogP contribution in [0, 0.1) is 31.3 Å². The Labute approximate surface area is 138 Å². The molecular formula is C15H18BIO4. The van der Waals surface area contributed by atoms with E-state index < -0.39 is 7.12 Å². The SMILES string of the molecule is Cc1cc(I)c(C)c(C)c1C.O=Cc1coc(B(O)O)c1. The highest BCUT2D eigenvalue weighted by molar-refractivity contribution is 14.1. The number of aryl methyl sites for hydroxylation is 1. The van der Waals surface area contributed by atoms with Crippen LogP contribution in [-0.2, 0) is 0 Å². The summed E-state index contributed by atoms with van der Waals surface area (Å²) in [5, 5.41) is 17.0. The molecule has 0 unspecified atom stereocenters. The Balaban J connectivity index is 0.000000211. The van der Waals surface area contributed by atoms with Crippen LogP contribution in [0.1, 0.15) is 32.6 Å². The van der Waals surface area contributed by atoms with Gasteiger partial charge in [-0.3, -0.25) is 4.79 Å². The van der Waals surface area contributed by atoms with Gasteiger partial charge in [-0.1, -0.05) is 0 Å². The van der Waals surface area contributed by atoms with Crippen LogP contribution in [0.5, 0.6) is 0 Å². The number of hydrogen-bond donors (Lipinski definition) is 2. The molecule has 0 fully saturated rings. The van der Waals surface area contributed by atoms with Gasteiger partial charge >= 0.3 is 7.12 Å². The zero-order valence-corrected chi connectivity index (χ0v) is 14.6. The number of carbonyl (C=O) groups excluding carboxylic acids is 1. The van der Waals surface area contributed by atoms with E-state index in [2.05, 4.69) is 60.8 Å². The monoisotopic (exact) mass is 400 g/mol. The molecule has 0 aliphatic heterocycles. The Kier molecular flexibility index (Phi) is 6.63. The normalized spacial score (nSPS) is 9.86. The van der Waals surface area contributed by atoms with Crippen molar-refractivity contribution in [3.8, 4) is 0 Å². The first-order valence-corrected chi connectivity index (χ1v) is 7.48. The molecule has 2 rings (SSSR count). The Morgan fingerprint density at radius 1 is 1.10 bits per heavy atom. The lowest BCUT2D eigenvalue weighted by atomic mass is 9.88. The average molecular weight is 400 g/mol. The van der Waals surface area contributed by atoms with Gasteiger partial charge in [0.05, 0.1) is 5.56 Å². The minimum Gasteiger partial charge on any atom is -0.472 e. The molecule has 0 bridgehead atoms. The molecule has 0 radical (unpaired) electrons. The fourth-order valence-corrected chi connectivity index (χ4v) is 2.60. The molecule has 1 aromatic carbocycles. The summed E-state index contributed by atoms with van der Waals surface area (Å²) in [7, 11) is -1.64. The second kappa shape index (κ2) is 7.77. The molecule has 6 heteroatoms. The van der Waals surface area contributed by atoms with E-state index in [-0.39, 0.29) is 5.66 Å². The number of aldehydes is 1. The first-order valence-electron chi connectivity index (χ1n) is 6.40. The number of carbonyl (C=O) groups is 1. The topological polar surface area (TPSA) is 70.7 Å². The third kappa shape index (κ3) is 4.69. The zero-order chi connectivity index (χ0) is 16.2. The number of hydrogen-bond acceptors (Lipinski definition) is 4. The summed E-state index contributed by atoms with van der Waals surface area (Å²) in [5.41, 5.74) is 5.97. The highest BCUT2D eigenvalue weighted by atomic mass is 127. The Morgan fingerprint density at radius 3 is 2.14 bits per heavy atom. The van der Waals surface area contributed by atoms with Gasteiger partial charge in [-0.2, -0.15) is 0 Å². The molecule has 0 saturated carbocycles. The van der Waals surface area contributed by atoms with Gasteiger partial charge < -0.3 is 14.5 Å². The predicted octanol–water partition coefficient (Wildman–Crippen LogP) is 2.30. The summed E-state index contributed by atoms with van der Waals surface area (Å²) in [4.78, 5) is 10.0. The largest absolute Gasteiger partial charge is 0.526 e. The van der Waals surface area contributed by atoms with Crippen LogP contribution in [0.25, 0.3) is 0 Å². The maximum atomic E-state index is 10.0. The average Bonchev–Trinajstić information content (AvgIpc) is 2.93. The van der Waals surface area contributed by atoms with E-state index in [9.17, 15) is 4.79 Å². The van der Waals surface area contributed by atoms with E-state index in [1.807, 2.05) is 0 Å². The third-order valence-electron chi connectivity index (χ3n) is 3.45. The van der Waals surface area contributed by atoms with E-state index in [1.54, 1.807) is 0 Å². The first-order chi connectivity index (χ1) is 9.77. The Bertz CT molecular complexity index is 609. The van der Waals surface area contributed by atoms with Gasteiger partial charge in [-0.05, 0) is 84.7 Å². The van der Waals surface area contributed by atoms with Crippen molar-refractivity contribution in [1.29, 1.82) is 0 Å². The number of benzene rings is 1. The number of halogens is 1. The highest BCUT2D eigenvalue weighted by Crippen LogP contribution is 2.21. The molecule has 0 saturated heterocycles. The van der Waals surface area contributed by atoms with Crippen LogP contribution in [-0.4, -0.2) is 23.5 Å². The van der Waals surface area contributed by atoms with Crippen molar-refractivity contribution in [3.05, 3.63) is 49.8 Å². The van der Waals surface area contributed by atoms with Gasteiger partial charge in [0.1, 0.15) is 11.9 Å². The summed E-state index contributed by atoms with van der Waals surface area (Å²) < 4.78 is 5.96. The lowest BCUT2D eigenvalue weighted by Gasteiger charge is -2.09. The summed E-state index contributed by atoms with van der Waals surface area (Å²) >= 11 is 2.39. The zero-order valence-electron chi connectivity index (χ0n) is 12.5. The van der Waals surface area contributed by atoms with Gasteiger partial charge in [-0.25, -0.2) is 0 Å². The van der Waals surface area contributed by atoms with Crippen molar-refractivity contribution in [2.75, 3.05) is 0 Å². The van der Waals surface area contributed by atoms with Crippen LogP contribution in [0.4, 0.5) is 0 Å². The second-order valence-electron chi connectivity index (χ2n) is 4.82. The molecule has 0 aliphatic carbocycles. The van der Waals surface area contributed by atoms with E-state index in [4.69, 9.17) is 10.0 Å². The van der Waals surface area contributed by atoms with Crippen molar-refractivity contribution in [2.24, 2.45) is 0 Å². The van der Waals surface area contributed by atoms with Crippen LogP contribution < -0.4 is 5.66 Å². The number of furan rings is 1. The molecule has 0 atom stereocenters. The quantitative estimate of drug-likeness (QED) is 0.461. The summed E-state index contributed by atoms with van der Waals surface area (Å²) in [6.07, 6.45) is 1.72. The van der Waals surface area contributed by atoms with Crippen molar-refractivity contribution < 1.29 is 19.3 Å². The molecule has 2 aromatic rings. The van der Waals surface area contributed by atoms with Gasteiger partial charge in [-0.15, -0.1) is 0 Å². The number of rotatable bonds is 2. The molecule has 1 heterocycles. The molecule has 0 spiro atoms. The predicted molar refractivity (Wildman–Crippen MR) is 92.0 cm³/mol. The summed E-state index contributed by atoms with van der Waals surface area (Å²) in [5.74, 6) is 0. The lowest BCUT2D eigenvalue weighted by molar-refractivity contribution is 0.112. The lowest BCUT2D eigenvalue weighted by Crippen LogP contribution is -2.27. The van der Waals surface area contributed by atoms with Gasteiger partial charge in [0, 0.05) is 3.57 Å². The second-order valence-corrected chi connectivity index (χ2v) is 5.99. The standard InChI is InChI=1S/C10H13I.C5H5BO4/c1-6-5-10(11)9(4)8(3)7(6)2;7-2-4-1-5(6(8)9)10-3-4/h5H,1-4H3;1-3,8-9H. The van der Waals surface area contributed by atoms with Crippen molar-refractivity contribution in [2.45, 2.75) is 27.7 Å². The van der Waals surface area contributed by atoms with E-state index in [1.165, 1.54) is 31.9 Å². The first kappa shape index (κ1) is 17.9.